The number of amides is 1. The molecule has 0 fully saturated rings. The predicted molar refractivity (Wildman–Crippen MR) is 91.3 cm³/mol. The number of hydrogen-bond donors (Lipinski definition) is 1. The normalized spacial score (nSPS) is 10.5. The van der Waals surface area contributed by atoms with Gasteiger partial charge in [0.25, 0.3) is 0 Å². The van der Waals surface area contributed by atoms with Crippen molar-refractivity contribution in [3.63, 3.8) is 0 Å². The molecule has 0 aliphatic heterocycles. The van der Waals surface area contributed by atoms with Gasteiger partial charge in [0, 0.05) is 23.9 Å². The molecule has 0 aliphatic carbocycles. The summed E-state index contributed by atoms with van der Waals surface area (Å²) in [7, 11) is 0. The molecular weight excluding hydrogens is 302 g/mol. The Morgan fingerprint density at radius 3 is 3.04 bits per heavy atom. The number of hydrogen-bond acceptors (Lipinski definition) is 4. The summed E-state index contributed by atoms with van der Waals surface area (Å²) in [6.45, 7) is 2.06. The SMILES string of the molecule is CCCCC(=O)Nc1cccc(-c2ccnc3c(C#N)cnn23)c1. The Morgan fingerprint density at radius 1 is 1.38 bits per heavy atom. The van der Waals surface area contributed by atoms with Gasteiger partial charge in [0.05, 0.1) is 11.9 Å². The number of carbonyl (C=O) groups excluding carboxylic acids is 1. The van der Waals surface area contributed by atoms with Crippen LogP contribution in [-0.4, -0.2) is 20.5 Å². The first-order chi connectivity index (χ1) is 11.7. The van der Waals surface area contributed by atoms with Gasteiger partial charge in [-0.25, -0.2) is 9.50 Å². The third-order valence-electron chi connectivity index (χ3n) is 3.72. The monoisotopic (exact) mass is 319 g/mol. The lowest BCUT2D eigenvalue weighted by Gasteiger charge is -2.08. The number of nitrogens with zero attached hydrogens (tertiary/aromatic N) is 4. The lowest BCUT2D eigenvalue weighted by Crippen LogP contribution is -2.10. The van der Waals surface area contributed by atoms with Gasteiger partial charge >= 0.3 is 0 Å². The fourth-order valence-corrected chi connectivity index (χ4v) is 2.51. The van der Waals surface area contributed by atoms with E-state index in [-0.39, 0.29) is 5.91 Å². The van der Waals surface area contributed by atoms with E-state index in [1.807, 2.05) is 30.3 Å². The minimum atomic E-state index is 0.0136. The van der Waals surface area contributed by atoms with E-state index in [1.54, 1.807) is 10.7 Å². The second-order valence-corrected chi connectivity index (χ2v) is 5.47. The molecule has 0 atom stereocenters. The van der Waals surface area contributed by atoms with Crippen molar-refractivity contribution in [3.05, 3.63) is 48.3 Å². The number of nitriles is 1. The van der Waals surface area contributed by atoms with Crippen LogP contribution in [-0.2, 0) is 4.79 Å². The van der Waals surface area contributed by atoms with E-state index in [2.05, 4.69) is 28.4 Å². The van der Waals surface area contributed by atoms with Gasteiger partial charge < -0.3 is 5.32 Å². The lowest BCUT2D eigenvalue weighted by atomic mass is 10.1. The molecule has 0 unspecified atom stereocenters. The van der Waals surface area contributed by atoms with Crippen LogP contribution in [0.2, 0.25) is 0 Å². The van der Waals surface area contributed by atoms with Gasteiger partial charge in [0.2, 0.25) is 5.91 Å². The molecule has 1 amide bonds. The number of benzene rings is 1. The van der Waals surface area contributed by atoms with Crippen molar-refractivity contribution in [2.24, 2.45) is 0 Å². The van der Waals surface area contributed by atoms with E-state index >= 15 is 0 Å². The molecule has 3 aromatic rings. The van der Waals surface area contributed by atoms with Crippen molar-refractivity contribution in [1.82, 2.24) is 14.6 Å². The standard InChI is InChI=1S/C18H17N5O/c1-2-3-7-17(24)22-15-6-4-5-13(10-15)16-8-9-20-18-14(11-19)12-21-23(16)18/h4-6,8-10,12H,2-3,7H2,1H3,(H,22,24). The van der Waals surface area contributed by atoms with Crippen LogP contribution in [0.5, 0.6) is 0 Å². The summed E-state index contributed by atoms with van der Waals surface area (Å²) < 4.78 is 1.64. The summed E-state index contributed by atoms with van der Waals surface area (Å²) in [5.74, 6) is 0.0136. The molecule has 0 bridgehead atoms. The summed E-state index contributed by atoms with van der Waals surface area (Å²) in [5.41, 5.74) is 3.40. The number of unbranched alkanes of at least 4 members (excludes halogenated alkanes) is 1. The fourth-order valence-electron chi connectivity index (χ4n) is 2.51. The maximum absolute atomic E-state index is 11.9. The molecule has 3 rings (SSSR count). The summed E-state index contributed by atoms with van der Waals surface area (Å²) in [5, 5.41) is 16.3. The maximum Gasteiger partial charge on any atom is 0.224 e. The van der Waals surface area contributed by atoms with Crippen molar-refractivity contribution in [1.29, 1.82) is 5.26 Å². The van der Waals surface area contributed by atoms with Crippen LogP contribution in [0, 0.1) is 11.3 Å². The van der Waals surface area contributed by atoms with E-state index in [0.717, 1.165) is 29.8 Å². The predicted octanol–water partition coefficient (Wildman–Crippen LogP) is 3.40. The molecule has 2 heterocycles. The molecule has 2 aromatic heterocycles. The van der Waals surface area contributed by atoms with Crippen LogP contribution < -0.4 is 5.32 Å². The van der Waals surface area contributed by atoms with Gasteiger partial charge in [-0.1, -0.05) is 25.5 Å². The van der Waals surface area contributed by atoms with E-state index in [1.165, 1.54) is 6.20 Å². The average Bonchev–Trinajstić information content (AvgIpc) is 3.03. The van der Waals surface area contributed by atoms with Crippen LogP contribution in [0.4, 0.5) is 5.69 Å². The number of anilines is 1. The maximum atomic E-state index is 11.9. The molecule has 0 spiro atoms. The Bertz CT molecular complexity index is 923. The number of carbonyl (C=O) groups is 1. The molecule has 1 N–H and O–H groups in total. The molecule has 6 nitrogen and oxygen atoms in total. The second-order valence-electron chi connectivity index (χ2n) is 5.47. The van der Waals surface area contributed by atoms with Crippen LogP contribution in [0.3, 0.4) is 0 Å². The van der Waals surface area contributed by atoms with Crippen molar-refractivity contribution in [2.75, 3.05) is 5.32 Å². The number of rotatable bonds is 5. The zero-order valence-electron chi connectivity index (χ0n) is 13.4. The van der Waals surface area contributed by atoms with Crippen LogP contribution >= 0.6 is 0 Å². The highest BCUT2D eigenvalue weighted by atomic mass is 16.1. The van der Waals surface area contributed by atoms with Gasteiger partial charge in [-0.15, -0.1) is 0 Å². The zero-order valence-corrected chi connectivity index (χ0v) is 13.4. The highest BCUT2D eigenvalue weighted by Crippen LogP contribution is 2.23. The molecule has 0 saturated heterocycles. The molecule has 6 heteroatoms. The summed E-state index contributed by atoms with van der Waals surface area (Å²) >= 11 is 0. The first-order valence-electron chi connectivity index (χ1n) is 7.86. The highest BCUT2D eigenvalue weighted by Gasteiger charge is 2.10. The largest absolute Gasteiger partial charge is 0.326 e. The topological polar surface area (TPSA) is 83.1 Å². The van der Waals surface area contributed by atoms with Crippen molar-refractivity contribution >= 4 is 17.2 Å². The van der Waals surface area contributed by atoms with E-state index in [4.69, 9.17) is 5.26 Å². The summed E-state index contributed by atoms with van der Waals surface area (Å²) in [6.07, 6.45) is 5.54. The lowest BCUT2D eigenvalue weighted by molar-refractivity contribution is -0.116. The van der Waals surface area contributed by atoms with Gasteiger partial charge in [-0.3, -0.25) is 4.79 Å². The fraction of sp³-hybridized carbons (Fsp3) is 0.222. The minimum Gasteiger partial charge on any atom is -0.326 e. The van der Waals surface area contributed by atoms with Crippen molar-refractivity contribution in [2.45, 2.75) is 26.2 Å². The number of nitrogens with one attached hydrogen (secondary N) is 1. The van der Waals surface area contributed by atoms with E-state index < -0.39 is 0 Å². The molecular formula is C18H17N5O. The Morgan fingerprint density at radius 2 is 2.25 bits per heavy atom. The van der Waals surface area contributed by atoms with Gasteiger partial charge in [0.15, 0.2) is 5.65 Å². The molecule has 0 aliphatic rings. The summed E-state index contributed by atoms with van der Waals surface area (Å²) in [6, 6.07) is 11.5. The van der Waals surface area contributed by atoms with Crippen molar-refractivity contribution in [3.8, 4) is 17.3 Å². The quantitative estimate of drug-likeness (QED) is 0.781. The summed E-state index contributed by atoms with van der Waals surface area (Å²) in [4.78, 5) is 16.1. The van der Waals surface area contributed by atoms with Crippen molar-refractivity contribution < 1.29 is 4.79 Å². The van der Waals surface area contributed by atoms with Gasteiger partial charge in [-0.2, -0.15) is 10.4 Å². The molecule has 1 aromatic carbocycles. The average molecular weight is 319 g/mol. The molecule has 0 saturated carbocycles. The van der Waals surface area contributed by atoms with Crippen LogP contribution in [0.1, 0.15) is 31.7 Å². The smallest absolute Gasteiger partial charge is 0.224 e. The Labute approximate surface area is 139 Å². The van der Waals surface area contributed by atoms with E-state index in [0.29, 0.717) is 17.6 Å². The van der Waals surface area contributed by atoms with E-state index in [9.17, 15) is 4.79 Å². The molecule has 0 radical (unpaired) electrons. The Kier molecular flexibility index (Phi) is 4.52. The number of fused-ring (bicyclic) bond motifs is 1. The zero-order chi connectivity index (χ0) is 16.9. The molecule has 120 valence electrons. The van der Waals surface area contributed by atoms with Gasteiger partial charge in [0.1, 0.15) is 11.6 Å². The minimum absolute atomic E-state index is 0.0136. The Balaban J connectivity index is 1.94. The number of aromatic nitrogens is 3. The second kappa shape index (κ2) is 6.92. The Hall–Kier alpha value is -3.20. The first kappa shape index (κ1) is 15.7. The van der Waals surface area contributed by atoms with Crippen LogP contribution in [0.15, 0.2) is 42.7 Å². The third-order valence-corrected chi connectivity index (χ3v) is 3.72. The highest BCUT2D eigenvalue weighted by molar-refractivity contribution is 5.91. The third kappa shape index (κ3) is 3.10. The molecule has 24 heavy (non-hydrogen) atoms. The first-order valence-corrected chi connectivity index (χ1v) is 7.86. The van der Waals surface area contributed by atoms with Gasteiger partial charge in [-0.05, 0) is 24.6 Å². The van der Waals surface area contributed by atoms with Crippen LogP contribution in [0.25, 0.3) is 16.9 Å².